The van der Waals surface area contributed by atoms with E-state index in [0.29, 0.717) is 42.0 Å². The number of hydrogen-bond acceptors (Lipinski definition) is 7. The molecule has 47 heavy (non-hydrogen) atoms. The number of para-hydroxylation sites is 1. The summed E-state index contributed by atoms with van der Waals surface area (Å²) in [6.07, 6.45) is 3.42. The first-order chi connectivity index (χ1) is 22.4. The van der Waals surface area contributed by atoms with E-state index in [2.05, 4.69) is 55.5 Å². The molecule has 2 amide bonds. The molecular formula is C36H46BN5O5. The molecule has 11 heteroatoms. The molecule has 2 aromatic carbocycles. The van der Waals surface area contributed by atoms with Crippen LogP contribution in [0.2, 0.25) is 0 Å². The number of carbonyl (C=O) groups excluding carboxylic acids is 2. The second-order valence-electron chi connectivity index (χ2n) is 15.3. The standard InChI is InChI=1S/C36H46BN5O5/c1-22(2)16-30(37-45-29-18-24-17-28(34(24,3)4)35(29,5)46-37)39-33(44)36(19-23-12-8-7-9-13-23)20-25(41-47-36)21-38-32(43)31-26-14-10-11-15-27(26)42(6)40-31/h7-15,22,24,28-30H,16-21H2,1-6H3,(H,38,43)(H,39,44)/t24-,28-,29+,30-,35-,36?/m0/s1. The predicted octanol–water partition coefficient (Wildman–Crippen LogP) is 4.86. The van der Waals surface area contributed by atoms with Gasteiger partial charge in [-0.15, -0.1) is 0 Å². The van der Waals surface area contributed by atoms with Crippen molar-refractivity contribution in [2.45, 2.75) is 90.0 Å². The summed E-state index contributed by atoms with van der Waals surface area (Å²) in [5.74, 6) is 0.439. The Morgan fingerprint density at radius 2 is 1.81 bits per heavy atom. The van der Waals surface area contributed by atoms with Gasteiger partial charge in [-0.25, -0.2) is 0 Å². The molecule has 3 aromatic rings. The van der Waals surface area contributed by atoms with Crippen LogP contribution in [0.3, 0.4) is 0 Å². The highest BCUT2D eigenvalue weighted by Gasteiger charge is 2.68. The first-order valence-electron chi connectivity index (χ1n) is 17.0. The Labute approximate surface area is 277 Å². The molecule has 10 nitrogen and oxygen atoms in total. The fourth-order valence-corrected chi connectivity index (χ4v) is 8.63. The number of benzene rings is 2. The largest absolute Gasteiger partial charge is 0.481 e. The Morgan fingerprint density at radius 3 is 2.55 bits per heavy atom. The van der Waals surface area contributed by atoms with Crippen molar-refractivity contribution in [1.82, 2.24) is 20.4 Å². The number of oxime groups is 1. The molecule has 1 aromatic heterocycles. The number of amides is 2. The zero-order valence-electron chi connectivity index (χ0n) is 28.3. The van der Waals surface area contributed by atoms with Gasteiger partial charge in [0.1, 0.15) is 0 Å². The Bertz CT molecular complexity index is 1710. The van der Waals surface area contributed by atoms with E-state index in [1.54, 1.807) is 4.68 Å². The summed E-state index contributed by atoms with van der Waals surface area (Å²) in [6.45, 7) is 11.3. The zero-order chi connectivity index (χ0) is 33.1. The van der Waals surface area contributed by atoms with Crippen LogP contribution in [0, 0.1) is 23.2 Å². The van der Waals surface area contributed by atoms with E-state index in [1.165, 1.54) is 6.42 Å². The molecule has 2 bridgehead atoms. The molecule has 248 valence electrons. The molecular weight excluding hydrogens is 593 g/mol. The normalized spacial score (nSPS) is 29.6. The second-order valence-corrected chi connectivity index (χ2v) is 15.3. The smallest absolute Gasteiger partial charge is 0.404 e. The van der Waals surface area contributed by atoms with Crippen molar-refractivity contribution in [1.29, 1.82) is 0 Å². The molecule has 2 aliphatic heterocycles. The zero-order valence-corrected chi connectivity index (χ0v) is 28.3. The topological polar surface area (TPSA) is 116 Å². The van der Waals surface area contributed by atoms with Gasteiger partial charge in [0.15, 0.2) is 5.69 Å². The van der Waals surface area contributed by atoms with Gasteiger partial charge in [0.05, 0.1) is 35.4 Å². The summed E-state index contributed by atoms with van der Waals surface area (Å²) in [5, 5.41) is 15.8. The average molecular weight is 640 g/mol. The summed E-state index contributed by atoms with van der Waals surface area (Å²) in [4.78, 5) is 33.7. The lowest BCUT2D eigenvalue weighted by Crippen LogP contribution is -2.65. The monoisotopic (exact) mass is 639 g/mol. The van der Waals surface area contributed by atoms with Gasteiger partial charge in [0.2, 0.25) is 5.60 Å². The summed E-state index contributed by atoms with van der Waals surface area (Å²) in [6, 6.07) is 17.4. The van der Waals surface area contributed by atoms with Crippen LogP contribution in [-0.4, -0.2) is 64.2 Å². The van der Waals surface area contributed by atoms with Crippen molar-refractivity contribution in [3.63, 3.8) is 0 Å². The summed E-state index contributed by atoms with van der Waals surface area (Å²) in [7, 11) is 1.27. The molecule has 4 fully saturated rings. The lowest BCUT2D eigenvalue weighted by molar-refractivity contribution is -0.199. The number of aromatic nitrogens is 2. The Morgan fingerprint density at radius 1 is 1.06 bits per heavy atom. The van der Waals surface area contributed by atoms with E-state index in [4.69, 9.17) is 14.1 Å². The average Bonchev–Trinajstić information content (AvgIpc) is 3.73. The third kappa shape index (κ3) is 5.55. The molecule has 6 atom stereocenters. The van der Waals surface area contributed by atoms with Crippen molar-refractivity contribution < 1.29 is 23.7 Å². The molecule has 2 N–H and O–H groups in total. The number of rotatable bonds is 10. The van der Waals surface area contributed by atoms with Gasteiger partial charge in [-0.3, -0.25) is 14.3 Å². The van der Waals surface area contributed by atoms with Gasteiger partial charge < -0.3 is 24.8 Å². The number of carbonyl (C=O) groups is 2. The lowest BCUT2D eigenvalue weighted by Gasteiger charge is -2.64. The van der Waals surface area contributed by atoms with E-state index >= 15 is 0 Å². The molecule has 3 aliphatic carbocycles. The van der Waals surface area contributed by atoms with Gasteiger partial charge in [-0.2, -0.15) is 5.10 Å². The van der Waals surface area contributed by atoms with Crippen LogP contribution in [0.1, 0.15) is 76.4 Å². The molecule has 0 radical (unpaired) electrons. The molecule has 8 rings (SSSR count). The van der Waals surface area contributed by atoms with Crippen LogP contribution in [0.15, 0.2) is 59.8 Å². The van der Waals surface area contributed by atoms with Crippen LogP contribution < -0.4 is 10.6 Å². The number of aryl methyl sites for hydroxylation is 1. The van der Waals surface area contributed by atoms with Crippen molar-refractivity contribution >= 4 is 35.5 Å². The van der Waals surface area contributed by atoms with Crippen molar-refractivity contribution in [2.75, 3.05) is 6.54 Å². The van der Waals surface area contributed by atoms with Gasteiger partial charge in [-0.1, -0.05) is 81.4 Å². The molecule has 1 saturated heterocycles. The highest BCUT2D eigenvalue weighted by atomic mass is 16.7. The van der Waals surface area contributed by atoms with E-state index < -0.39 is 12.7 Å². The maximum absolute atomic E-state index is 14.4. The number of nitrogens with zero attached hydrogens (tertiary/aromatic N) is 3. The molecule has 0 spiro atoms. The van der Waals surface area contributed by atoms with Crippen molar-refractivity contribution in [3.8, 4) is 0 Å². The fourth-order valence-electron chi connectivity index (χ4n) is 8.63. The summed E-state index contributed by atoms with van der Waals surface area (Å²) < 4.78 is 15.1. The van der Waals surface area contributed by atoms with Crippen LogP contribution in [0.25, 0.3) is 10.9 Å². The highest BCUT2D eigenvalue weighted by molar-refractivity contribution is 6.48. The molecule has 3 saturated carbocycles. The third-order valence-electron chi connectivity index (χ3n) is 11.4. The number of fused-ring (bicyclic) bond motifs is 1. The van der Waals surface area contributed by atoms with Gasteiger partial charge in [0.25, 0.3) is 11.8 Å². The van der Waals surface area contributed by atoms with Crippen LogP contribution in [0.5, 0.6) is 0 Å². The van der Waals surface area contributed by atoms with Crippen molar-refractivity contribution in [3.05, 3.63) is 65.9 Å². The predicted molar refractivity (Wildman–Crippen MR) is 181 cm³/mol. The van der Waals surface area contributed by atoms with E-state index in [-0.39, 0.29) is 47.8 Å². The van der Waals surface area contributed by atoms with Gasteiger partial charge >= 0.3 is 7.12 Å². The Balaban J connectivity index is 1.08. The van der Waals surface area contributed by atoms with E-state index in [9.17, 15) is 9.59 Å². The SMILES string of the molecule is CC(C)C[C@H](NC(=O)C1(Cc2ccccc2)CC(CNC(=O)c2nn(C)c3ccccc23)=NO1)B1O[C@@H]2C[C@@H]3C[C@@H](C3(C)C)[C@]2(C)O1. The van der Waals surface area contributed by atoms with Gasteiger partial charge in [-0.05, 0) is 61.0 Å². The second kappa shape index (κ2) is 11.8. The maximum Gasteiger partial charge on any atom is 0.481 e. The molecule has 5 aliphatic rings. The maximum atomic E-state index is 14.4. The summed E-state index contributed by atoms with van der Waals surface area (Å²) >= 11 is 0. The van der Waals surface area contributed by atoms with E-state index in [0.717, 1.165) is 22.9 Å². The van der Waals surface area contributed by atoms with E-state index in [1.807, 2.05) is 61.6 Å². The highest BCUT2D eigenvalue weighted by Crippen LogP contribution is 2.65. The van der Waals surface area contributed by atoms with Crippen LogP contribution >= 0.6 is 0 Å². The Kier molecular flexibility index (Phi) is 7.98. The molecule has 1 unspecified atom stereocenters. The number of hydrogen-bond donors (Lipinski definition) is 2. The minimum absolute atomic E-state index is 0.0200. The quantitative estimate of drug-likeness (QED) is 0.306. The summed E-state index contributed by atoms with van der Waals surface area (Å²) in [5.41, 5.74) is 1.33. The Hall–Kier alpha value is -3.70. The first kappa shape index (κ1) is 31.9. The number of nitrogens with one attached hydrogen (secondary N) is 2. The van der Waals surface area contributed by atoms with Crippen LogP contribution in [-0.2, 0) is 32.4 Å². The minimum atomic E-state index is -1.28. The fraction of sp³-hybridized carbons (Fsp3) is 0.556. The molecule has 3 heterocycles. The van der Waals surface area contributed by atoms with Crippen molar-refractivity contribution in [2.24, 2.45) is 35.4 Å². The van der Waals surface area contributed by atoms with Gasteiger partial charge in [0, 0.05) is 25.3 Å². The minimum Gasteiger partial charge on any atom is -0.404 e. The van der Waals surface area contributed by atoms with Crippen LogP contribution in [0.4, 0.5) is 0 Å². The third-order valence-corrected chi connectivity index (χ3v) is 11.4. The first-order valence-corrected chi connectivity index (χ1v) is 17.0. The lowest BCUT2D eigenvalue weighted by atomic mass is 9.43.